The molecule has 9 aliphatic rings. The third kappa shape index (κ3) is 16.6. The average molecular weight is 1290 g/mol. The minimum absolute atomic E-state index is 0.0146. The normalized spacial score (nSPS) is 27.4. The van der Waals surface area contributed by atoms with Gasteiger partial charge in [-0.15, -0.1) is 0 Å². The van der Waals surface area contributed by atoms with E-state index in [0.29, 0.717) is 64.4 Å². The van der Waals surface area contributed by atoms with Crippen LogP contribution in [0.25, 0.3) is 0 Å². The van der Waals surface area contributed by atoms with Crippen molar-refractivity contribution in [1.29, 1.82) is 0 Å². The molecule has 8 aliphatic carbocycles. The van der Waals surface area contributed by atoms with Crippen molar-refractivity contribution in [2.45, 2.75) is 163 Å². The number of hydrogen-bond acceptors (Lipinski definition) is 12. The third-order valence-electron chi connectivity index (χ3n) is 18.4. The molecule has 0 radical (unpaired) electrons. The summed E-state index contributed by atoms with van der Waals surface area (Å²) in [5, 5.41) is 18.2. The molecule has 1 aliphatic heterocycles. The molecule has 12 nitrogen and oxygen atoms in total. The predicted molar refractivity (Wildman–Crippen MR) is 336 cm³/mol. The summed E-state index contributed by atoms with van der Waals surface area (Å²) in [5.74, 6) is -11.0. The Morgan fingerprint density at radius 3 is 1.07 bits per heavy atom. The molecule has 18 heteroatoms. The van der Waals surface area contributed by atoms with Gasteiger partial charge in [0.2, 0.25) is 0 Å². The van der Waals surface area contributed by atoms with E-state index in [0.717, 1.165) is 32.1 Å². The van der Waals surface area contributed by atoms with Gasteiger partial charge >= 0.3 is 35.7 Å². The highest BCUT2D eigenvalue weighted by atomic mass is 32.2. The maximum absolute atomic E-state index is 13.3. The van der Waals surface area contributed by atoms with Gasteiger partial charge in [-0.3, -0.25) is 9.59 Å². The van der Waals surface area contributed by atoms with Gasteiger partial charge in [0, 0.05) is 13.8 Å². The number of alkyl halides is 4. The second-order valence-corrected chi connectivity index (χ2v) is 30.0. The molecule has 91 heavy (non-hydrogen) atoms. The molecule has 0 aromatic heterocycles. The summed E-state index contributed by atoms with van der Waals surface area (Å²) in [7, 11) is -0.0293. The van der Waals surface area contributed by atoms with Crippen LogP contribution >= 0.6 is 0 Å². The van der Waals surface area contributed by atoms with Gasteiger partial charge in [-0.1, -0.05) is 109 Å². The summed E-state index contributed by atoms with van der Waals surface area (Å²) < 4.78 is 85.1. The molecule has 0 spiro atoms. The van der Waals surface area contributed by atoms with Crippen molar-refractivity contribution in [2.75, 3.05) is 26.4 Å². The highest BCUT2D eigenvalue weighted by molar-refractivity contribution is 7.97. The standard InChI is InChI=1S/C20H28F2O6.2C18H15S.C17H24F2O6/c1-18(2)26-10-14(28-18)9-25-17(24)20-6-11-4-12(7-20)15(13(5-11)8-20)27-16(23)19(3,21)22;2*1-4-10-16(11-5-1)19(17-12-6-2-7-13-17)18-14-8-3-9-15-18;1-16(18,19)14(22)25-13-10-2-9-3-11(13)6-17(4-9,5-10)15(23)24-8-12(21)7-20/h11-15H,4-10H2,1-3H3;2*1-15H;9-13,20-21H,2-8H2,1H3/q;2*+1;. The second kappa shape index (κ2) is 29.2. The average Bonchev–Trinajstić information content (AvgIpc) is 1.97. The van der Waals surface area contributed by atoms with Crippen LogP contribution in [0.15, 0.2) is 211 Å². The second-order valence-electron chi connectivity index (χ2n) is 26.0. The largest absolute Gasteiger partial charge is 0.462 e. The molecule has 15 rings (SSSR count). The van der Waals surface area contributed by atoms with Gasteiger partial charge in [-0.05, 0) is 186 Å². The quantitative estimate of drug-likeness (QED) is 0.0385. The van der Waals surface area contributed by atoms with Crippen molar-refractivity contribution in [2.24, 2.45) is 46.3 Å². The number of benzene rings is 6. The van der Waals surface area contributed by atoms with Gasteiger partial charge in [0.1, 0.15) is 37.6 Å². The van der Waals surface area contributed by atoms with Gasteiger partial charge < -0.3 is 38.6 Å². The van der Waals surface area contributed by atoms with Crippen molar-refractivity contribution in [3.8, 4) is 0 Å². The van der Waals surface area contributed by atoms with Crippen molar-refractivity contribution in [3.05, 3.63) is 182 Å². The Morgan fingerprint density at radius 1 is 0.505 bits per heavy atom. The van der Waals surface area contributed by atoms with Crippen LogP contribution in [0.3, 0.4) is 0 Å². The van der Waals surface area contributed by atoms with E-state index in [2.05, 4.69) is 182 Å². The lowest BCUT2D eigenvalue weighted by atomic mass is 9.48. The number of hydrogen-bond donors (Lipinski definition) is 2. The Kier molecular flexibility index (Phi) is 21.6. The maximum atomic E-state index is 13.3. The Balaban J connectivity index is 0.000000135. The molecule has 9 fully saturated rings. The first-order valence-electron chi connectivity index (χ1n) is 31.4. The van der Waals surface area contributed by atoms with Crippen LogP contribution in [0, 0.1) is 46.3 Å². The molecule has 6 unspecified atom stereocenters. The third-order valence-corrected chi connectivity index (χ3v) is 22.9. The van der Waals surface area contributed by atoms with Crippen LogP contribution in [0.2, 0.25) is 0 Å². The number of carbonyl (C=O) groups excluding carboxylic acids is 4. The fraction of sp³-hybridized carbons (Fsp3) is 0.452. The van der Waals surface area contributed by atoms with Crippen molar-refractivity contribution < 1.29 is 75.4 Å². The molecule has 8 saturated carbocycles. The van der Waals surface area contributed by atoms with Crippen LogP contribution in [0.5, 0.6) is 0 Å². The van der Waals surface area contributed by atoms with Crippen LogP contribution in [0.1, 0.15) is 91.9 Å². The van der Waals surface area contributed by atoms with Gasteiger partial charge in [-0.25, -0.2) is 9.59 Å². The molecule has 8 bridgehead atoms. The topological polar surface area (TPSA) is 164 Å². The zero-order chi connectivity index (χ0) is 64.6. The van der Waals surface area contributed by atoms with Crippen LogP contribution < -0.4 is 0 Å². The number of ether oxygens (including phenoxy) is 6. The van der Waals surface area contributed by atoms with E-state index in [-0.39, 0.29) is 70.7 Å². The van der Waals surface area contributed by atoms with E-state index in [1.165, 1.54) is 29.4 Å². The summed E-state index contributed by atoms with van der Waals surface area (Å²) in [4.78, 5) is 56.9. The number of esters is 4. The molecule has 1 heterocycles. The van der Waals surface area contributed by atoms with Crippen LogP contribution in [-0.4, -0.2) is 103 Å². The Labute approximate surface area is 536 Å². The van der Waals surface area contributed by atoms with E-state index in [4.69, 9.17) is 33.5 Å². The first-order valence-corrected chi connectivity index (χ1v) is 33.9. The highest BCUT2D eigenvalue weighted by Crippen LogP contribution is 2.63. The molecule has 6 atom stereocenters. The van der Waals surface area contributed by atoms with Crippen molar-refractivity contribution in [1.82, 2.24) is 0 Å². The molecule has 6 aromatic rings. The van der Waals surface area contributed by atoms with Crippen molar-refractivity contribution in [3.63, 3.8) is 0 Å². The fourth-order valence-electron chi connectivity index (χ4n) is 15.0. The van der Waals surface area contributed by atoms with Crippen molar-refractivity contribution >= 4 is 45.7 Å². The number of carbonyl (C=O) groups is 4. The molecule has 0 amide bonds. The summed E-state index contributed by atoms with van der Waals surface area (Å²) in [6.07, 6.45) is 4.04. The van der Waals surface area contributed by atoms with Gasteiger partial charge in [0.15, 0.2) is 35.2 Å². The van der Waals surface area contributed by atoms with E-state index in [1.54, 1.807) is 0 Å². The maximum Gasteiger partial charge on any atom is 0.376 e. The van der Waals surface area contributed by atoms with Gasteiger partial charge in [0.25, 0.3) is 0 Å². The summed E-state index contributed by atoms with van der Waals surface area (Å²) in [6, 6.07) is 64.3. The molecule has 2 N–H and O–H groups in total. The smallest absolute Gasteiger partial charge is 0.376 e. The molecular weight excluding hydrogens is 1210 g/mol. The highest BCUT2D eigenvalue weighted by Gasteiger charge is 2.62. The van der Waals surface area contributed by atoms with E-state index in [1.807, 2.05) is 13.8 Å². The predicted octanol–water partition coefficient (Wildman–Crippen LogP) is 13.9. The minimum Gasteiger partial charge on any atom is -0.462 e. The lowest BCUT2D eigenvalue weighted by Gasteiger charge is -2.57. The SMILES string of the molecule is CC(F)(F)C(=O)OC1C2CC3CC1CC(C(=O)OCC(O)CO)(C3)C2.CC1(C)OCC(COC(=O)C23CC4CC(C2)C(OC(=O)C(C)(F)F)C(C4)C3)O1.c1ccc([S+](c2ccccc2)c2ccccc2)cc1.c1ccc([S+](c2ccccc2)c2ccccc2)cc1. The van der Waals surface area contributed by atoms with E-state index < -0.39 is 71.3 Å². The van der Waals surface area contributed by atoms with E-state index >= 15 is 0 Å². The Morgan fingerprint density at radius 2 is 0.802 bits per heavy atom. The lowest BCUT2D eigenvalue weighted by molar-refractivity contribution is -0.209. The Bertz CT molecular complexity index is 3000. The zero-order valence-electron chi connectivity index (χ0n) is 51.8. The monoisotopic (exact) mass is 1290 g/mol. The van der Waals surface area contributed by atoms with Gasteiger partial charge in [0.05, 0.1) is 45.8 Å². The molecule has 1 saturated heterocycles. The number of aliphatic hydroxyl groups excluding tert-OH is 2. The first kappa shape index (κ1) is 67.4. The fourth-order valence-corrected chi connectivity index (χ4v) is 19.2. The zero-order valence-corrected chi connectivity index (χ0v) is 53.4. The summed E-state index contributed by atoms with van der Waals surface area (Å²) in [5.41, 5.74) is -1.29. The number of aliphatic hydroxyl groups is 2. The summed E-state index contributed by atoms with van der Waals surface area (Å²) >= 11 is 0. The molecule has 484 valence electrons. The molecular formula is C73H82F4O12S2+2. The van der Waals surface area contributed by atoms with Crippen LogP contribution in [-0.2, 0) is 69.4 Å². The van der Waals surface area contributed by atoms with Gasteiger partial charge in [-0.2, -0.15) is 17.6 Å². The van der Waals surface area contributed by atoms with Crippen LogP contribution in [0.4, 0.5) is 17.6 Å². The lowest BCUT2D eigenvalue weighted by Crippen LogP contribution is -2.58. The summed E-state index contributed by atoms with van der Waals surface area (Å²) in [6.45, 7) is 4.48. The molecule has 6 aromatic carbocycles. The number of rotatable bonds is 17. The first-order chi connectivity index (χ1) is 43.5. The van der Waals surface area contributed by atoms with E-state index in [9.17, 15) is 41.8 Å². The Hall–Kier alpha value is -6.54. The number of halogens is 4. The minimum atomic E-state index is -3.52.